The molecular formula is C39H42IrN2OSi-2. The number of aryl methyl sites for hydroxylation is 1. The number of hydrogen-bond donors (Lipinski definition) is 0. The Morgan fingerprint density at radius 2 is 1.64 bits per heavy atom. The summed E-state index contributed by atoms with van der Waals surface area (Å²) >= 11 is 0. The maximum atomic E-state index is 6.45. The van der Waals surface area contributed by atoms with Gasteiger partial charge < -0.3 is 14.4 Å². The molecule has 0 aliphatic heterocycles. The van der Waals surface area contributed by atoms with Crippen molar-refractivity contribution in [1.82, 2.24) is 9.97 Å². The standard InChI is InChI=1S/C27H32NOSi.C12H10N.Ir/c1-8-19(17(2)3)20-15-16-28-26(18(20)4)22-13-14-24(30(5,6)7)25-21-11-9-10-12-23(21)29-27(22)25;1-10-7-8-12(13-9-10)11-5-3-2-4-6-11;/h9-12,14-17,19H,8H2,1-7H3;2-5,7-9H,1H3;/q2*-1;. The SMILES string of the molecule is CCC(c1ccnc(-c2[c-]cc([Si](C)(C)C)c3c2oc2ccccc23)c1C)C(C)C.Cc1ccc(-c2[c-]cccc2)nc1.[Ir]. The predicted octanol–water partition coefficient (Wildman–Crippen LogP) is 10.3. The van der Waals surface area contributed by atoms with Crippen molar-refractivity contribution in [2.45, 2.75) is 66.6 Å². The molecule has 3 aromatic heterocycles. The second-order valence-corrected chi connectivity index (χ2v) is 17.8. The fraction of sp³-hybridized carbons (Fsp3) is 0.282. The van der Waals surface area contributed by atoms with Crippen LogP contribution >= 0.6 is 0 Å². The van der Waals surface area contributed by atoms with E-state index in [4.69, 9.17) is 9.40 Å². The zero-order valence-electron chi connectivity index (χ0n) is 27.1. The van der Waals surface area contributed by atoms with Gasteiger partial charge in [-0.2, -0.15) is 0 Å². The van der Waals surface area contributed by atoms with E-state index in [0.29, 0.717) is 11.8 Å². The summed E-state index contributed by atoms with van der Waals surface area (Å²) in [7, 11) is -1.58. The number of fused-ring (bicyclic) bond motifs is 3. The summed E-state index contributed by atoms with van der Waals surface area (Å²) in [5, 5.41) is 3.84. The average molecular weight is 775 g/mol. The monoisotopic (exact) mass is 775 g/mol. The van der Waals surface area contributed by atoms with Gasteiger partial charge in [0.15, 0.2) is 0 Å². The van der Waals surface area contributed by atoms with Crippen molar-refractivity contribution < 1.29 is 24.5 Å². The number of para-hydroxylation sites is 1. The quantitative estimate of drug-likeness (QED) is 0.125. The molecule has 3 aromatic carbocycles. The van der Waals surface area contributed by atoms with Crippen LogP contribution in [0.5, 0.6) is 0 Å². The Hall–Kier alpha value is -3.37. The van der Waals surface area contributed by atoms with Crippen molar-refractivity contribution in [2.75, 3.05) is 0 Å². The Labute approximate surface area is 277 Å². The van der Waals surface area contributed by atoms with E-state index in [2.05, 4.69) is 101 Å². The molecule has 6 aromatic rings. The maximum absolute atomic E-state index is 6.45. The third kappa shape index (κ3) is 6.96. The Morgan fingerprint density at radius 1 is 0.886 bits per heavy atom. The molecule has 6 rings (SSSR count). The van der Waals surface area contributed by atoms with Crippen LogP contribution in [0.3, 0.4) is 0 Å². The smallest absolute Gasteiger partial charge is 0.120 e. The Bertz CT molecular complexity index is 1840. The summed E-state index contributed by atoms with van der Waals surface area (Å²) in [4.78, 5) is 9.13. The van der Waals surface area contributed by atoms with Crippen LogP contribution in [0.25, 0.3) is 44.5 Å². The normalized spacial score (nSPS) is 12.1. The van der Waals surface area contributed by atoms with Gasteiger partial charge in [0.1, 0.15) is 5.58 Å². The molecule has 44 heavy (non-hydrogen) atoms. The van der Waals surface area contributed by atoms with Crippen LogP contribution in [-0.2, 0) is 20.1 Å². The van der Waals surface area contributed by atoms with Crippen LogP contribution < -0.4 is 5.19 Å². The van der Waals surface area contributed by atoms with Crippen LogP contribution in [0, 0.1) is 31.9 Å². The van der Waals surface area contributed by atoms with Gasteiger partial charge >= 0.3 is 0 Å². The van der Waals surface area contributed by atoms with Crippen molar-refractivity contribution in [3.8, 4) is 22.5 Å². The van der Waals surface area contributed by atoms with Gasteiger partial charge in [-0.1, -0.05) is 87.3 Å². The van der Waals surface area contributed by atoms with E-state index < -0.39 is 8.07 Å². The molecule has 5 heteroatoms. The summed E-state index contributed by atoms with van der Waals surface area (Å²) in [5.74, 6) is 1.12. The molecule has 0 spiro atoms. The molecule has 0 bridgehead atoms. The van der Waals surface area contributed by atoms with E-state index in [1.54, 1.807) is 0 Å². The Kier molecular flexibility index (Phi) is 10.8. The zero-order chi connectivity index (χ0) is 30.7. The number of aromatic nitrogens is 2. The van der Waals surface area contributed by atoms with E-state index in [0.717, 1.165) is 40.1 Å². The van der Waals surface area contributed by atoms with Crippen molar-refractivity contribution in [3.05, 3.63) is 114 Å². The second-order valence-electron chi connectivity index (χ2n) is 12.8. The van der Waals surface area contributed by atoms with Crippen LogP contribution in [-0.4, -0.2) is 18.0 Å². The summed E-state index contributed by atoms with van der Waals surface area (Å²) in [6.45, 7) is 18.3. The van der Waals surface area contributed by atoms with E-state index in [1.807, 2.05) is 55.7 Å². The first-order chi connectivity index (χ1) is 20.6. The maximum Gasteiger partial charge on any atom is 0.120 e. The van der Waals surface area contributed by atoms with E-state index in [1.165, 1.54) is 32.6 Å². The topological polar surface area (TPSA) is 38.9 Å². The van der Waals surface area contributed by atoms with Crippen LogP contribution in [0.4, 0.5) is 0 Å². The Morgan fingerprint density at radius 3 is 2.27 bits per heavy atom. The van der Waals surface area contributed by atoms with Gasteiger partial charge in [0, 0.05) is 46.0 Å². The minimum absolute atomic E-state index is 0. The first-order valence-electron chi connectivity index (χ1n) is 15.3. The summed E-state index contributed by atoms with van der Waals surface area (Å²) < 4.78 is 6.45. The van der Waals surface area contributed by atoms with E-state index in [-0.39, 0.29) is 20.1 Å². The van der Waals surface area contributed by atoms with Gasteiger partial charge in [-0.3, -0.25) is 0 Å². The largest absolute Gasteiger partial charge is 0.501 e. The fourth-order valence-corrected chi connectivity index (χ4v) is 7.48. The molecule has 0 aliphatic rings. The van der Waals surface area contributed by atoms with Gasteiger partial charge in [-0.05, 0) is 66.8 Å². The molecule has 0 fully saturated rings. The summed E-state index contributed by atoms with van der Waals surface area (Å²) in [6, 6.07) is 31.5. The number of rotatable bonds is 6. The molecule has 0 saturated heterocycles. The molecule has 1 atom stereocenters. The van der Waals surface area contributed by atoms with Gasteiger partial charge in [-0.15, -0.1) is 53.2 Å². The van der Waals surface area contributed by atoms with Gasteiger partial charge in [-0.25, -0.2) is 0 Å². The van der Waals surface area contributed by atoms with Crippen LogP contribution in [0.15, 0.2) is 89.6 Å². The zero-order valence-corrected chi connectivity index (χ0v) is 30.5. The van der Waals surface area contributed by atoms with Crippen LogP contribution in [0.1, 0.15) is 49.8 Å². The predicted molar refractivity (Wildman–Crippen MR) is 185 cm³/mol. The number of pyridine rings is 2. The molecule has 3 heterocycles. The van der Waals surface area contributed by atoms with Crippen molar-refractivity contribution >= 4 is 35.2 Å². The molecule has 0 aliphatic carbocycles. The fourth-order valence-electron chi connectivity index (χ4n) is 5.97. The van der Waals surface area contributed by atoms with Gasteiger partial charge in [0.2, 0.25) is 0 Å². The van der Waals surface area contributed by atoms with Crippen molar-refractivity contribution in [3.63, 3.8) is 0 Å². The second kappa shape index (κ2) is 14.2. The van der Waals surface area contributed by atoms with E-state index in [9.17, 15) is 0 Å². The third-order valence-electron chi connectivity index (χ3n) is 8.28. The van der Waals surface area contributed by atoms with E-state index >= 15 is 0 Å². The number of hydrogen-bond acceptors (Lipinski definition) is 3. The third-order valence-corrected chi connectivity index (χ3v) is 10.3. The molecule has 3 nitrogen and oxygen atoms in total. The van der Waals surface area contributed by atoms with Crippen LogP contribution in [0.2, 0.25) is 19.6 Å². The van der Waals surface area contributed by atoms with Gasteiger partial charge in [0.25, 0.3) is 0 Å². The summed E-state index contributed by atoms with van der Waals surface area (Å²) in [6.07, 6.45) is 4.95. The van der Waals surface area contributed by atoms with Crippen molar-refractivity contribution in [1.29, 1.82) is 0 Å². The first-order valence-corrected chi connectivity index (χ1v) is 18.8. The average Bonchev–Trinajstić information content (AvgIpc) is 3.38. The number of nitrogens with zero attached hydrogens (tertiary/aromatic N) is 2. The molecule has 1 radical (unpaired) electrons. The molecule has 0 saturated carbocycles. The minimum atomic E-state index is -1.58. The number of furan rings is 1. The molecule has 0 amide bonds. The summed E-state index contributed by atoms with van der Waals surface area (Å²) in [5.41, 5.74) is 9.70. The molecule has 0 N–H and O–H groups in total. The molecule has 229 valence electrons. The van der Waals surface area contributed by atoms with Crippen molar-refractivity contribution in [2.24, 2.45) is 5.92 Å². The first kappa shape index (κ1) is 33.5. The Balaban J connectivity index is 0.000000264. The minimum Gasteiger partial charge on any atom is -0.501 e. The van der Waals surface area contributed by atoms with Gasteiger partial charge in [0.05, 0.1) is 5.58 Å². The molecular weight excluding hydrogens is 733 g/mol. The number of benzene rings is 3. The molecule has 1 unspecified atom stereocenters.